The van der Waals surface area contributed by atoms with Gasteiger partial charge in [-0.15, -0.1) is 5.10 Å². The van der Waals surface area contributed by atoms with E-state index in [0.29, 0.717) is 23.3 Å². The van der Waals surface area contributed by atoms with Crippen LogP contribution in [0, 0.1) is 18.2 Å². The highest BCUT2D eigenvalue weighted by Gasteiger charge is 2.37. The number of esters is 1. The van der Waals surface area contributed by atoms with Gasteiger partial charge in [0.1, 0.15) is 19.2 Å². The lowest BCUT2D eigenvalue weighted by molar-refractivity contribution is -0.152. The number of carbonyl (C=O) groups is 1. The summed E-state index contributed by atoms with van der Waals surface area (Å²) in [5.41, 5.74) is 0.745. The fraction of sp³-hybridized carbons (Fsp3) is 0.481. The van der Waals surface area contributed by atoms with Crippen LogP contribution in [0.1, 0.15) is 25.2 Å². The number of carbonyl (C=O) groups excluding carboxylic acids is 1. The average molecular weight is 583 g/mol. The third kappa shape index (κ3) is 7.87. The van der Waals surface area contributed by atoms with Crippen molar-refractivity contribution in [3.8, 4) is 28.4 Å². The Kier molecular flexibility index (Phi) is 9.40. The molecule has 0 saturated heterocycles. The first kappa shape index (κ1) is 31.2. The molecule has 40 heavy (non-hydrogen) atoms. The first-order chi connectivity index (χ1) is 18.5. The predicted octanol–water partition coefficient (Wildman–Crippen LogP) is 6.36. The molecule has 2 aromatic heterocycles. The number of nitrogens with zero attached hydrogens (tertiary/aromatic N) is 4. The second-order valence-corrected chi connectivity index (χ2v) is 16.9. The van der Waals surface area contributed by atoms with Gasteiger partial charge in [0.05, 0.1) is 18.1 Å². The minimum absolute atomic E-state index is 0.0389. The van der Waals surface area contributed by atoms with Crippen molar-refractivity contribution in [1.82, 2.24) is 19.7 Å². The van der Waals surface area contributed by atoms with Gasteiger partial charge >= 0.3 is 12.1 Å². The highest BCUT2D eigenvalue weighted by Crippen LogP contribution is 2.33. The molecule has 3 rings (SSSR count). The number of benzene rings is 1. The number of aromatic nitrogens is 4. The van der Waals surface area contributed by atoms with Gasteiger partial charge in [0.25, 0.3) is 5.82 Å². The Morgan fingerprint density at radius 1 is 1.10 bits per heavy atom. The maximum absolute atomic E-state index is 15.3. The number of hydrogen-bond acceptors (Lipinski definition) is 7. The molecular weight excluding hydrogens is 548 g/mol. The largest absolute Gasteiger partial charge is 0.476 e. The molecule has 218 valence electrons. The number of rotatable bonds is 11. The highest BCUT2D eigenvalue weighted by molar-refractivity contribution is 6.76. The summed E-state index contributed by atoms with van der Waals surface area (Å²) in [5, 5.41) is 3.54. The zero-order valence-corrected chi connectivity index (χ0v) is 24.6. The molecule has 0 aliphatic rings. The maximum atomic E-state index is 15.3. The Balaban J connectivity index is 1.85. The molecule has 0 radical (unpaired) electrons. The molecule has 1 aromatic carbocycles. The first-order valence-electron chi connectivity index (χ1n) is 12.6. The van der Waals surface area contributed by atoms with Crippen LogP contribution in [0.15, 0.2) is 30.5 Å². The van der Waals surface area contributed by atoms with Crippen molar-refractivity contribution in [3.63, 3.8) is 0 Å². The summed E-state index contributed by atoms with van der Waals surface area (Å²) in [4.78, 5) is 19.7. The molecule has 0 aliphatic carbocycles. The number of methoxy groups -OCH3 is 1. The van der Waals surface area contributed by atoms with Crippen LogP contribution in [0.2, 0.25) is 25.7 Å². The van der Waals surface area contributed by atoms with E-state index in [1.54, 1.807) is 32.9 Å². The van der Waals surface area contributed by atoms with Gasteiger partial charge in [-0.25, -0.2) is 19.0 Å². The van der Waals surface area contributed by atoms with Crippen molar-refractivity contribution in [2.24, 2.45) is 5.41 Å². The Labute approximate surface area is 231 Å². The minimum atomic E-state index is -4.80. The average Bonchev–Trinajstić information content (AvgIpc) is 3.29. The van der Waals surface area contributed by atoms with Crippen LogP contribution in [-0.2, 0) is 27.2 Å². The molecule has 0 atom stereocenters. The van der Waals surface area contributed by atoms with Gasteiger partial charge in [-0.3, -0.25) is 4.79 Å². The van der Waals surface area contributed by atoms with Crippen LogP contribution in [0.3, 0.4) is 0 Å². The number of halogens is 4. The fourth-order valence-electron chi connectivity index (χ4n) is 3.65. The molecule has 13 heteroatoms. The lowest BCUT2D eigenvalue weighted by atomic mass is 9.95. The molecule has 0 saturated carbocycles. The van der Waals surface area contributed by atoms with Gasteiger partial charge in [0.15, 0.2) is 5.82 Å². The van der Waals surface area contributed by atoms with Crippen LogP contribution in [-0.4, -0.2) is 54.1 Å². The summed E-state index contributed by atoms with van der Waals surface area (Å²) >= 11 is 0. The maximum Gasteiger partial charge on any atom is 0.453 e. The van der Waals surface area contributed by atoms with E-state index in [4.69, 9.17) is 14.2 Å². The topological polar surface area (TPSA) is 88.4 Å². The number of pyridine rings is 1. The second kappa shape index (κ2) is 12.0. The number of aryl methyl sites for hydroxylation is 1. The monoisotopic (exact) mass is 582 g/mol. The molecule has 0 bridgehead atoms. The summed E-state index contributed by atoms with van der Waals surface area (Å²) in [5.74, 6) is -2.58. The van der Waals surface area contributed by atoms with Crippen LogP contribution in [0.5, 0.6) is 5.88 Å². The van der Waals surface area contributed by atoms with Crippen molar-refractivity contribution in [3.05, 3.63) is 47.7 Å². The van der Waals surface area contributed by atoms with E-state index in [0.717, 1.165) is 10.7 Å². The fourth-order valence-corrected chi connectivity index (χ4v) is 4.40. The van der Waals surface area contributed by atoms with Gasteiger partial charge in [-0.05, 0) is 50.1 Å². The Morgan fingerprint density at radius 2 is 1.80 bits per heavy atom. The minimum Gasteiger partial charge on any atom is -0.476 e. The standard InChI is InChI=1S/C27H34F4N4O4Si/c1-17-12-22(39-15-26(2,3)25(36)37-4)32-14-20(17)18-8-9-19(21(28)13-18)23-33-24(27(29,30)31)34-35(23)16-38-10-11-40(5,6)7/h8-9,12-14H,10-11,15-16H2,1-7H3. The van der Waals surface area contributed by atoms with Crippen LogP contribution < -0.4 is 4.74 Å². The second-order valence-electron chi connectivity index (χ2n) is 11.3. The molecule has 0 amide bonds. The smallest absolute Gasteiger partial charge is 0.453 e. The quantitative estimate of drug-likeness (QED) is 0.112. The predicted molar refractivity (Wildman–Crippen MR) is 144 cm³/mol. The zero-order valence-electron chi connectivity index (χ0n) is 23.6. The molecular formula is C27H34F4N4O4Si. The molecule has 0 fully saturated rings. The van der Waals surface area contributed by atoms with Crippen LogP contribution in [0.25, 0.3) is 22.5 Å². The summed E-state index contributed by atoms with van der Waals surface area (Å²) in [6.07, 6.45) is -3.30. The van der Waals surface area contributed by atoms with Gasteiger partial charge < -0.3 is 14.2 Å². The van der Waals surface area contributed by atoms with Gasteiger partial charge in [-0.1, -0.05) is 25.7 Å². The van der Waals surface area contributed by atoms with Crippen molar-refractivity contribution < 1.29 is 36.6 Å². The molecule has 0 N–H and O–H groups in total. The highest BCUT2D eigenvalue weighted by atomic mass is 28.3. The van der Waals surface area contributed by atoms with Crippen molar-refractivity contribution in [2.75, 3.05) is 20.3 Å². The van der Waals surface area contributed by atoms with Crippen molar-refractivity contribution >= 4 is 14.0 Å². The number of hydrogen-bond donors (Lipinski definition) is 0. The van der Waals surface area contributed by atoms with E-state index in [-0.39, 0.29) is 30.6 Å². The van der Waals surface area contributed by atoms with Crippen molar-refractivity contribution in [2.45, 2.75) is 59.4 Å². The SMILES string of the molecule is COC(=O)C(C)(C)COc1cc(C)c(-c2ccc(-c3nc(C(F)(F)F)nn3COCC[Si](C)(C)C)c(F)c2)cn1. The van der Waals surface area contributed by atoms with E-state index in [1.807, 2.05) is 0 Å². The summed E-state index contributed by atoms with van der Waals surface area (Å²) in [6.45, 7) is 11.7. The zero-order chi connectivity index (χ0) is 29.9. The lowest BCUT2D eigenvalue weighted by Gasteiger charge is -2.21. The number of ether oxygens (including phenoxy) is 3. The van der Waals surface area contributed by atoms with E-state index in [9.17, 15) is 18.0 Å². The van der Waals surface area contributed by atoms with E-state index in [2.05, 4.69) is 34.7 Å². The summed E-state index contributed by atoms with van der Waals surface area (Å²) in [7, 11) is -0.115. The van der Waals surface area contributed by atoms with Crippen LogP contribution >= 0.6 is 0 Å². The molecule has 0 spiro atoms. The normalized spacial score (nSPS) is 12.5. The first-order valence-corrected chi connectivity index (χ1v) is 16.3. The Hall–Kier alpha value is -3.32. The van der Waals surface area contributed by atoms with E-state index < -0.39 is 37.3 Å². The molecule has 2 heterocycles. The van der Waals surface area contributed by atoms with E-state index in [1.165, 1.54) is 25.4 Å². The number of alkyl halides is 3. The van der Waals surface area contributed by atoms with Gasteiger partial charge in [0.2, 0.25) is 5.88 Å². The summed E-state index contributed by atoms with van der Waals surface area (Å²) in [6, 6.07) is 6.60. The molecule has 8 nitrogen and oxygen atoms in total. The molecule has 3 aromatic rings. The van der Waals surface area contributed by atoms with Crippen LogP contribution in [0.4, 0.5) is 17.6 Å². The van der Waals surface area contributed by atoms with Gasteiger partial charge in [0, 0.05) is 32.5 Å². The Bertz CT molecular complexity index is 1350. The third-order valence-electron chi connectivity index (χ3n) is 6.06. The summed E-state index contributed by atoms with van der Waals surface area (Å²) < 4.78 is 72.4. The van der Waals surface area contributed by atoms with Crippen molar-refractivity contribution in [1.29, 1.82) is 0 Å². The Morgan fingerprint density at radius 3 is 2.38 bits per heavy atom. The molecule has 0 unspecified atom stereocenters. The lowest BCUT2D eigenvalue weighted by Crippen LogP contribution is -2.32. The van der Waals surface area contributed by atoms with E-state index >= 15 is 4.39 Å². The molecule has 0 aliphatic heterocycles. The van der Waals surface area contributed by atoms with Gasteiger partial charge in [-0.2, -0.15) is 13.2 Å². The third-order valence-corrected chi connectivity index (χ3v) is 7.76.